The first-order valence-corrected chi connectivity index (χ1v) is 12.5. The van der Waals surface area contributed by atoms with Gasteiger partial charge in [0.25, 0.3) is 0 Å². The summed E-state index contributed by atoms with van der Waals surface area (Å²) in [4.78, 5) is 28.3. The van der Waals surface area contributed by atoms with Gasteiger partial charge in [0.05, 0.1) is 0 Å². The van der Waals surface area contributed by atoms with Crippen LogP contribution in [0.15, 0.2) is 60.7 Å². The second-order valence-electron chi connectivity index (χ2n) is 8.92. The van der Waals surface area contributed by atoms with E-state index in [1.807, 2.05) is 39.0 Å². The molecule has 0 aliphatic carbocycles. The number of fused-ring (bicyclic) bond motifs is 1. The van der Waals surface area contributed by atoms with E-state index in [2.05, 4.69) is 29.6 Å². The number of benzene rings is 3. The smallest absolute Gasteiger partial charge is 0.242 e. The topological polar surface area (TPSA) is 49.4 Å². The summed E-state index contributed by atoms with van der Waals surface area (Å²) < 4.78 is 0. The van der Waals surface area contributed by atoms with Crippen molar-refractivity contribution in [3.63, 3.8) is 0 Å². The lowest BCUT2D eigenvalue weighted by Crippen LogP contribution is -2.49. The molecule has 0 bridgehead atoms. The summed E-state index contributed by atoms with van der Waals surface area (Å²) in [5.74, 6) is 0.0586. The van der Waals surface area contributed by atoms with Crippen LogP contribution in [0.4, 0.5) is 0 Å². The summed E-state index contributed by atoms with van der Waals surface area (Å²) in [5.41, 5.74) is 1.76. The Bertz CT molecular complexity index is 1120. The van der Waals surface area contributed by atoms with E-state index in [1.54, 1.807) is 23.1 Å². The molecule has 0 spiro atoms. The minimum absolute atomic E-state index is 0.101. The number of carbonyl (C=O) groups excluding carboxylic acids is 2. The number of halogens is 2. The van der Waals surface area contributed by atoms with Gasteiger partial charge in [0, 0.05) is 35.1 Å². The Balaban J connectivity index is 1.86. The zero-order valence-electron chi connectivity index (χ0n) is 20.0. The third-order valence-corrected chi connectivity index (χ3v) is 6.66. The lowest BCUT2D eigenvalue weighted by molar-refractivity contribution is -0.141. The van der Waals surface area contributed by atoms with Gasteiger partial charge in [0.2, 0.25) is 11.8 Å². The van der Waals surface area contributed by atoms with E-state index in [0.717, 1.165) is 16.3 Å². The Morgan fingerprint density at radius 1 is 0.941 bits per heavy atom. The third-order valence-electron chi connectivity index (χ3n) is 5.95. The largest absolute Gasteiger partial charge is 0.354 e. The summed E-state index contributed by atoms with van der Waals surface area (Å²) in [5, 5.41) is 6.23. The molecule has 0 aliphatic rings. The summed E-state index contributed by atoms with van der Waals surface area (Å²) in [6, 6.07) is 19.0. The number of aryl methyl sites for hydroxylation is 1. The van der Waals surface area contributed by atoms with Crippen LogP contribution >= 0.6 is 23.2 Å². The van der Waals surface area contributed by atoms with Gasteiger partial charge in [-0.25, -0.2) is 0 Å². The van der Waals surface area contributed by atoms with Crippen LogP contribution < -0.4 is 5.32 Å². The van der Waals surface area contributed by atoms with Crippen molar-refractivity contribution >= 4 is 45.8 Å². The quantitative estimate of drug-likeness (QED) is 0.339. The van der Waals surface area contributed by atoms with Crippen LogP contribution in [0.2, 0.25) is 10.0 Å². The molecule has 1 N–H and O–H groups in total. The van der Waals surface area contributed by atoms with Gasteiger partial charge in [0.15, 0.2) is 0 Å². The van der Waals surface area contributed by atoms with Crippen LogP contribution in [-0.4, -0.2) is 29.3 Å². The Morgan fingerprint density at radius 3 is 2.26 bits per heavy atom. The van der Waals surface area contributed by atoms with Crippen LogP contribution in [-0.2, 0) is 22.6 Å². The number of rotatable bonds is 10. The highest BCUT2D eigenvalue weighted by atomic mass is 35.5. The second kappa shape index (κ2) is 12.2. The summed E-state index contributed by atoms with van der Waals surface area (Å²) in [6.07, 6.45) is 1.35. The monoisotopic (exact) mass is 498 g/mol. The number of amides is 2. The number of nitrogens with zero attached hydrogens (tertiary/aromatic N) is 1. The summed E-state index contributed by atoms with van der Waals surface area (Å²) >= 11 is 12.8. The zero-order chi connectivity index (χ0) is 24.7. The molecule has 0 saturated heterocycles. The number of hydrogen-bond donors (Lipinski definition) is 1. The molecule has 0 fully saturated rings. The van der Waals surface area contributed by atoms with E-state index >= 15 is 0 Å². The second-order valence-corrected chi connectivity index (χ2v) is 9.74. The molecule has 0 radical (unpaired) electrons. The van der Waals surface area contributed by atoms with Crippen molar-refractivity contribution in [2.75, 3.05) is 6.54 Å². The first kappa shape index (κ1) is 26.1. The minimum Gasteiger partial charge on any atom is -0.354 e. The predicted octanol–water partition coefficient (Wildman–Crippen LogP) is 6.66. The summed E-state index contributed by atoms with van der Waals surface area (Å²) in [7, 11) is 0. The maximum atomic E-state index is 13.6. The molecule has 0 saturated carbocycles. The molecule has 3 aromatic carbocycles. The van der Waals surface area contributed by atoms with Crippen molar-refractivity contribution in [1.82, 2.24) is 10.2 Å². The average Bonchev–Trinajstić information content (AvgIpc) is 2.82. The maximum Gasteiger partial charge on any atom is 0.242 e. The molecule has 4 nitrogen and oxygen atoms in total. The molecule has 6 heteroatoms. The van der Waals surface area contributed by atoms with Gasteiger partial charge >= 0.3 is 0 Å². The Hall–Kier alpha value is -2.56. The van der Waals surface area contributed by atoms with Crippen LogP contribution in [0.3, 0.4) is 0 Å². The molecule has 0 aliphatic heterocycles. The van der Waals surface area contributed by atoms with Gasteiger partial charge in [-0.15, -0.1) is 0 Å². The highest BCUT2D eigenvalue weighted by Gasteiger charge is 2.29. The van der Waals surface area contributed by atoms with E-state index in [0.29, 0.717) is 40.9 Å². The van der Waals surface area contributed by atoms with Crippen molar-refractivity contribution in [3.05, 3.63) is 81.8 Å². The summed E-state index contributed by atoms with van der Waals surface area (Å²) in [6.45, 7) is 6.73. The van der Waals surface area contributed by atoms with Crippen molar-refractivity contribution in [2.24, 2.45) is 5.92 Å². The molecule has 3 rings (SSSR count). The zero-order valence-corrected chi connectivity index (χ0v) is 21.5. The van der Waals surface area contributed by atoms with Crippen LogP contribution in [0, 0.1) is 5.92 Å². The van der Waals surface area contributed by atoms with Gasteiger partial charge in [0.1, 0.15) is 6.04 Å². The molecule has 1 atom stereocenters. The van der Waals surface area contributed by atoms with Gasteiger partial charge in [-0.1, -0.05) is 92.5 Å². The van der Waals surface area contributed by atoms with E-state index in [1.165, 1.54) is 0 Å². The fraction of sp³-hybridized carbons (Fsp3) is 0.357. The van der Waals surface area contributed by atoms with Crippen LogP contribution in [0.1, 0.15) is 44.7 Å². The average molecular weight is 499 g/mol. The Kier molecular flexibility index (Phi) is 9.37. The lowest BCUT2D eigenvalue weighted by Gasteiger charge is -2.31. The molecular formula is C28H32Cl2N2O2. The van der Waals surface area contributed by atoms with Crippen molar-refractivity contribution in [1.29, 1.82) is 0 Å². The van der Waals surface area contributed by atoms with Crippen molar-refractivity contribution in [2.45, 2.75) is 52.6 Å². The third kappa shape index (κ3) is 6.52. The molecule has 0 aromatic heterocycles. The van der Waals surface area contributed by atoms with Gasteiger partial charge < -0.3 is 10.2 Å². The molecule has 2 amide bonds. The lowest BCUT2D eigenvalue weighted by atomic mass is 10.00. The fourth-order valence-corrected chi connectivity index (χ4v) is 4.61. The minimum atomic E-state index is -0.605. The highest BCUT2D eigenvalue weighted by Crippen LogP contribution is 2.28. The van der Waals surface area contributed by atoms with Gasteiger partial charge in [-0.3, -0.25) is 9.59 Å². The molecule has 34 heavy (non-hydrogen) atoms. The molecule has 0 heterocycles. The van der Waals surface area contributed by atoms with Crippen molar-refractivity contribution < 1.29 is 9.59 Å². The highest BCUT2D eigenvalue weighted by molar-refractivity contribution is 6.36. The van der Waals surface area contributed by atoms with E-state index < -0.39 is 6.04 Å². The van der Waals surface area contributed by atoms with E-state index in [-0.39, 0.29) is 24.8 Å². The van der Waals surface area contributed by atoms with Gasteiger partial charge in [-0.2, -0.15) is 0 Å². The maximum absolute atomic E-state index is 13.6. The SMILES string of the molecule is CCC(C(=O)NCC(C)C)N(Cc1c(Cl)cccc1Cl)C(=O)CCc1cccc2ccccc12. The number of nitrogens with one attached hydrogen (secondary N) is 1. The fourth-order valence-electron chi connectivity index (χ4n) is 4.09. The first-order valence-electron chi connectivity index (χ1n) is 11.8. The normalized spacial score (nSPS) is 12.1. The number of carbonyl (C=O) groups is 2. The Morgan fingerprint density at radius 2 is 1.59 bits per heavy atom. The molecule has 1 unspecified atom stereocenters. The predicted molar refractivity (Wildman–Crippen MR) is 141 cm³/mol. The molecule has 180 valence electrons. The Labute approximate surface area is 212 Å². The van der Waals surface area contributed by atoms with Crippen LogP contribution in [0.5, 0.6) is 0 Å². The molecule has 3 aromatic rings. The van der Waals surface area contributed by atoms with Crippen molar-refractivity contribution in [3.8, 4) is 0 Å². The first-order chi connectivity index (χ1) is 16.3. The van der Waals surface area contributed by atoms with E-state index in [9.17, 15) is 9.59 Å². The standard InChI is InChI=1S/C28H32Cl2N2O2/c1-4-26(28(34)31-17-19(2)3)32(18-23-24(29)13-8-14-25(23)30)27(33)16-15-21-11-7-10-20-9-5-6-12-22(20)21/h5-14,19,26H,4,15-18H2,1-3H3,(H,31,34). The van der Waals surface area contributed by atoms with E-state index in [4.69, 9.17) is 23.2 Å². The number of hydrogen-bond acceptors (Lipinski definition) is 2. The van der Waals surface area contributed by atoms with Gasteiger partial charge in [-0.05, 0) is 47.2 Å². The van der Waals surface area contributed by atoms with Crippen LogP contribution in [0.25, 0.3) is 10.8 Å². The molecular weight excluding hydrogens is 467 g/mol.